The summed E-state index contributed by atoms with van der Waals surface area (Å²) in [6.07, 6.45) is 8.33. The van der Waals surface area contributed by atoms with E-state index in [9.17, 15) is 9.59 Å². The number of fused-ring (bicyclic) bond motifs is 5. The van der Waals surface area contributed by atoms with Gasteiger partial charge in [0.15, 0.2) is 0 Å². The summed E-state index contributed by atoms with van der Waals surface area (Å²) in [5.41, 5.74) is 1.44. The number of benzene rings is 1. The van der Waals surface area contributed by atoms with Crippen LogP contribution in [-0.2, 0) is 9.59 Å². The molecule has 0 amide bonds. The summed E-state index contributed by atoms with van der Waals surface area (Å²) >= 11 is 0. The highest BCUT2D eigenvalue weighted by Gasteiger charge is 2.61. The van der Waals surface area contributed by atoms with Gasteiger partial charge in [0.1, 0.15) is 11.6 Å². The molecule has 0 aliphatic heterocycles. The van der Waals surface area contributed by atoms with Crippen molar-refractivity contribution >= 4 is 11.6 Å². The summed E-state index contributed by atoms with van der Waals surface area (Å²) < 4.78 is 0. The van der Waals surface area contributed by atoms with E-state index in [4.69, 9.17) is 0 Å². The highest BCUT2D eigenvalue weighted by molar-refractivity contribution is 5.88. The van der Waals surface area contributed by atoms with Crippen molar-refractivity contribution < 1.29 is 9.59 Å². The molecule has 7 unspecified atom stereocenters. The largest absolute Gasteiger partial charge is 0.299 e. The Kier molecular flexibility index (Phi) is 3.94. The molecule has 144 valence electrons. The monoisotopic (exact) mass is 364 g/mol. The average molecular weight is 365 g/mol. The van der Waals surface area contributed by atoms with Crippen LogP contribution in [-0.4, -0.2) is 11.6 Å². The van der Waals surface area contributed by atoms with E-state index in [0.717, 1.165) is 38.5 Å². The van der Waals surface area contributed by atoms with E-state index in [-0.39, 0.29) is 16.7 Å². The Morgan fingerprint density at radius 2 is 1.59 bits per heavy atom. The molecule has 0 bridgehead atoms. The minimum atomic E-state index is -0.0479. The number of carbonyl (C=O) groups is 2. The van der Waals surface area contributed by atoms with Crippen molar-refractivity contribution in [2.45, 2.75) is 71.1 Å². The Balaban J connectivity index is 1.50. The van der Waals surface area contributed by atoms with Crippen LogP contribution in [0.25, 0.3) is 0 Å². The zero-order chi connectivity index (χ0) is 18.8. The first-order valence-corrected chi connectivity index (χ1v) is 11.1. The molecule has 2 heteroatoms. The Morgan fingerprint density at radius 1 is 0.815 bits per heavy atom. The molecule has 0 spiro atoms. The minimum absolute atomic E-state index is 0.0479. The Morgan fingerprint density at radius 3 is 2.37 bits per heavy atom. The molecule has 0 N–H and O–H groups in total. The third-order valence-corrected chi connectivity index (χ3v) is 9.47. The molecular formula is C25H32O2. The number of rotatable bonds is 1. The number of hydrogen-bond donors (Lipinski definition) is 0. The smallest absolute Gasteiger partial charge is 0.140 e. The molecule has 4 aliphatic carbocycles. The first-order chi connectivity index (χ1) is 12.9. The second-order valence-electron chi connectivity index (χ2n) is 10.3. The highest BCUT2D eigenvalue weighted by Crippen LogP contribution is 2.66. The zero-order valence-corrected chi connectivity index (χ0v) is 16.7. The lowest BCUT2D eigenvalue weighted by Crippen LogP contribution is -2.55. The van der Waals surface area contributed by atoms with Crippen LogP contribution in [0.1, 0.15) is 76.7 Å². The summed E-state index contributed by atoms with van der Waals surface area (Å²) in [4.78, 5) is 25.6. The summed E-state index contributed by atoms with van der Waals surface area (Å²) in [7, 11) is 0. The fraction of sp³-hybridized carbons (Fsp3) is 0.680. The normalized spacial score (nSPS) is 46.5. The zero-order valence-electron chi connectivity index (χ0n) is 16.7. The Bertz CT molecular complexity index is 768. The van der Waals surface area contributed by atoms with Gasteiger partial charge in [0, 0.05) is 24.2 Å². The Hall–Kier alpha value is -1.44. The van der Waals surface area contributed by atoms with Crippen molar-refractivity contribution in [3.05, 3.63) is 35.9 Å². The van der Waals surface area contributed by atoms with Gasteiger partial charge in [-0.2, -0.15) is 0 Å². The van der Waals surface area contributed by atoms with E-state index in [1.54, 1.807) is 0 Å². The second-order valence-corrected chi connectivity index (χ2v) is 10.3. The molecule has 4 saturated carbocycles. The van der Waals surface area contributed by atoms with Gasteiger partial charge >= 0.3 is 0 Å². The average Bonchev–Trinajstić information content (AvgIpc) is 2.98. The van der Waals surface area contributed by atoms with E-state index < -0.39 is 0 Å². The fourth-order valence-corrected chi connectivity index (χ4v) is 8.03. The van der Waals surface area contributed by atoms with Gasteiger partial charge in [-0.1, -0.05) is 44.2 Å². The third-order valence-electron chi connectivity index (χ3n) is 9.47. The molecule has 0 radical (unpaired) electrons. The van der Waals surface area contributed by atoms with E-state index in [1.807, 2.05) is 6.07 Å². The van der Waals surface area contributed by atoms with E-state index in [2.05, 4.69) is 38.1 Å². The first-order valence-electron chi connectivity index (χ1n) is 11.1. The summed E-state index contributed by atoms with van der Waals surface area (Å²) in [5.74, 6) is 3.53. The van der Waals surface area contributed by atoms with Gasteiger partial charge in [-0.05, 0) is 73.2 Å². The topological polar surface area (TPSA) is 34.1 Å². The molecule has 7 atom stereocenters. The Labute approximate surface area is 163 Å². The SMILES string of the molecule is CC12CCC3C(CCC4C(c5ccccc5)C(=O)CCC43C)C1CCC2=O. The van der Waals surface area contributed by atoms with Gasteiger partial charge in [-0.3, -0.25) is 9.59 Å². The maximum atomic E-state index is 13.0. The van der Waals surface area contributed by atoms with E-state index in [0.29, 0.717) is 35.2 Å². The lowest BCUT2D eigenvalue weighted by molar-refractivity contribution is -0.147. The molecule has 1 aromatic rings. The van der Waals surface area contributed by atoms with Gasteiger partial charge in [0.05, 0.1) is 0 Å². The molecule has 5 rings (SSSR count). The quantitative estimate of drug-likeness (QED) is 0.653. The van der Waals surface area contributed by atoms with Crippen LogP contribution in [0.4, 0.5) is 0 Å². The lowest BCUT2D eigenvalue weighted by atomic mass is 9.43. The molecule has 4 aliphatic rings. The summed E-state index contributed by atoms with van der Waals surface area (Å²) in [6, 6.07) is 10.5. The van der Waals surface area contributed by atoms with Crippen molar-refractivity contribution in [1.29, 1.82) is 0 Å². The van der Waals surface area contributed by atoms with Crippen molar-refractivity contribution in [2.75, 3.05) is 0 Å². The van der Waals surface area contributed by atoms with Crippen molar-refractivity contribution in [2.24, 2.45) is 34.5 Å². The highest BCUT2D eigenvalue weighted by atomic mass is 16.1. The van der Waals surface area contributed by atoms with E-state index in [1.165, 1.54) is 18.4 Å². The maximum Gasteiger partial charge on any atom is 0.140 e. The number of ketones is 2. The molecular weight excluding hydrogens is 332 g/mol. The molecule has 4 fully saturated rings. The number of carbonyl (C=O) groups excluding carboxylic acids is 2. The summed E-state index contributed by atoms with van der Waals surface area (Å²) in [6.45, 7) is 4.76. The minimum Gasteiger partial charge on any atom is -0.299 e. The molecule has 2 nitrogen and oxygen atoms in total. The predicted octanol–water partition coefficient (Wildman–Crippen LogP) is 5.56. The van der Waals surface area contributed by atoms with Crippen LogP contribution in [0.15, 0.2) is 30.3 Å². The van der Waals surface area contributed by atoms with Crippen LogP contribution in [0.5, 0.6) is 0 Å². The number of hydrogen-bond acceptors (Lipinski definition) is 2. The first kappa shape index (κ1) is 17.6. The predicted molar refractivity (Wildman–Crippen MR) is 106 cm³/mol. The van der Waals surface area contributed by atoms with Crippen LogP contribution < -0.4 is 0 Å². The lowest BCUT2D eigenvalue weighted by Gasteiger charge is -2.60. The number of Topliss-reactive ketones (excluding diaryl/α,β-unsaturated/α-hetero) is 2. The van der Waals surface area contributed by atoms with Gasteiger partial charge in [0.25, 0.3) is 0 Å². The van der Waals surface area contributed by atoms with Crippen molar-refractivity contribution in [3.63, 3.8) is 0 Å². The molecule has 0 aromatic heterocycles. The van der Waals surface area contributed by atoms with Crippen LogP contribution in [0.2, 0.25) is 0 Å². The second kappa shape index (κ2) is 6.03. The fourth-order valence-electron chi connectivity index (χ4n) is 8.03. The molecule has 1 aromatic carbocycles. The van der Waals surface area contributed by atoms with Crippen molar-refractivity contribution in [3.8, 4) is 0 Å². The van der Waals surface area contributed by atoms with Gasteiger partial charge in [-0.25, -0.2) is 0 Å². The van der Waals surface area contributed by atoms with Gasteiger partial charge in [-0.15, -0.1) is 0 Å². The van der Waals surface area contributed by atoms with Gasteiger partial charge in [0.2, 0.25) is 0 Å². The maximum absolute atomic E-state index is 13.0. The molecule has 27 heavy (non-hydrogen) atoms. The van der Waals surface area contributed by atoms with Crippen LogP contribution >= 0.6 is 0 Å². The van der Waals surface area contributed by atoms with Crippen molar-refractivity contribution in [1.82, 2.24) is 0 Å². The van der Waals surface area contributed by atoms with Gasteiger partial charge < -0.3 is 0 Å². The molecule has 0 heterocycles. The van der Waals surface area contributed by atoms with E-state index >= 15 is 0 Å². The van der Waals surface area contributed by atoms with Crippen LogP contribution in [0, 0.1) is 34.5 Å². The third kappa shape index (κ3) is 2.37. The summed E-state index contributed by atoms with van der Waals surface area (Å²) in [5, 5.41) is 0. The van der Waals surface area contributed by atoms with Crippen LogP contribution in [0.3, 0.4) is 0 Å². The standard InChI is InChI=1S/C25H32O2/c1-24-15-13-21(26)23(16-6-4-3-5-7-16)20(24)9-8-17-18-10-11-22(27)25(18,2)14-12-19(17)24/h3-7,17-20,23H,8-15H2,1-2H3. The molecule has 0 saturated heterocycles.